The maximum absolute atomic E-state index is 12.0. The normalized spacial score (nSPS) is 10.2. The first kappa shape index (κ1) is 11.9. The van der Waals surface area contributed by atoms with Crippen molar-refractivity contribution >= 4 is 16.9 Å². The van der Waals surface area contributed by atoms with Gasteiger partial charge in [-0.3, -0.25) is 4.79 Å². The molecule has 2 aromatic carbocycles. The number of aryl methyl sites for hydroxylation is 2. The maximum atomic E-state index is 12.0. The van der Waals surface area contributed by atoms with E-state index in [9.17, 15) is 4.79 Å². The number of carbonyl (C=O) groups is 1. The molecule has 0 unspecified atom stereocenters. The lowest BCUT2D eigenvalue weighted by molar-refractivity contribution is 0.108. The molecule has 0 bridgehead atoms. The summed E-state index contributed by atoms with van der Waals surface area (Å²) in [6.45, 7) is 4.09. The van der Waals surface area contributed by atoms with Gasteiger partial charge in [-0.2, -0.15) is 0 Å². The Morgan fingerprint density at radius 3 is 2.35 bits per heavy atom. The number of hydrogen-bond donors (Lipinski definition) is 0. The van der Waals surface area contributed by atoms with Crippen LogP contribution < -0.4 is 0 Å². The van der Waals surface area contributed by atoms with Crippen LogP contribution in [-0.2, 0) is 0 Å². The van der Waals surface area contributed by atoms with E-state index in [1.54, 1.807) is 0 Å². The van der Waals surface area contributed by atoms with Crippen LogP contribution in [0, 0.1) is 13.8 Å². The van der Waals surface area contributed by atoms with E-state index in [1.807, 2.05) is 49.4 Å². The molecule has 0 saturated heterocycles. The van der Waals surface area contributed by atoms with Crippen LogP contribution >= 0.6 is 11.8 Å². The molecule has 2 aromatic rings. The first-order chi connectivity index (χ1) is 8.16. The van der Waals surface area contributed by atoms with Gasteiger partial charge in [-0.25, -0.2) is 0 Å². The van der Waals surface area contributed by atoms with E-state index in [4.69, 9.17) is 0 Å². The SMILES string of the molecule is Cc1ccc(SC(=O)c2ccccc2)c(C)c1. The van der Waals surface area contributed by atoms with Crippen LogP contribution in [0.15, 0.2) is 53.4 Å². The van der Waals surface area contributed by atoms with Crippen molar-refractivity contribution in [3.05, 3.63) is 65.2 Å². The third-order valence-electron chi connectivity index (χ3n) is 2.54. The number of hydrogen-bond acceptors (Lipinski definition) is 2. The largest absolute Gasteiger partial charge is 0.281 e. The highest BCUT2D eigenvalue weighted by atomic mass is 32.2. The smallest absolute Gasteiger partial charge is 0.224 e. The topological polar surface area (TPSA) is 17.1 Å². The predicted molar refractivity (Wildman–Crippen MR) is 72.5 cm³/mol. The van der Waals surface area contributed by atoms with Gasteiger partial charge in [0, 0.05) is 10.5 Å². The van der Waals surface area contributed by atoms with Crippen molar-refractivity contribution in [2.75, 3.05) is 0 Å². The summed E-state index contributed by atoms with van der Waals surface area (Å²) in [5, 5.41) is 0.0950. The van der Waals surface area contributed by atoms with Crippen molar-refractivity contribution in [2.24, 2.45) is 0 Å². The van der Waals surface area contributed by atoms with Crippen LogP contribution in [0.25, 0.3) is 0 Å². The van der Waals surface area contributed by atoms with Gasteiger partial charge in [0.05, 0.1) is 0 Å². The zero-order valence-corrected chi connectivity index (χ0v) is 10.8. The van der Waals surface area contributed by atoms with Crippen LogP contribution in [0.4, 0.5) is 0 Å². The molecule has 0 aromatic heterocycles. The standard InChI is InChI=1S/C15H14OS/c1-11-8-9-14(12(2)10-11)17-15(16)13-6-4-3-5-7-13/h3-10H,1-2H3. The summed E-state index contributed by atoms with van der Waals surface area (Å²) >= 11 is 1.29. The van der Waals surface area contributed by atoms with Crippen molar-refractivity contribution < 1.29 is 4.79 Å². The molecule has 0 heterocycles. The molecule has 0 atom stereocenters. The number of rotatable bonds is 2. The molecular formula is C15H14OS. The van der Waals surface area contributed by atoms with Crippen molar-refractivity contribution in [1.29, 1.82) is 0 Å². The summed E-state index contributed by atoms with van der Waals surface area (Å²) < 4.78 is 0. The van der Waals surface area contributed by atoms with Crippen molar-refractivity contribution in [2.45, 2.75) is 18.7 Å². The van der Waals surface area contributed by atoms with E-state index < -0.39 is 0 Å². The predicted octanol–water partition coefficient (Wildman–Crippen LogP) is 4.24. The Morgan fingerprint density at radius 2 is 1.71 bits per heavy atom. The Labute approximate surface area is 106 Å². The van der Waals surface area contributed by atoms with E-state index >= 15 is 0 Å². The van der Waals surface area contributed by atoms with Gasteiger partial charge in [-0.1, -0.05) is 48.0 Å². The fourth-order valence-electron chi connectivity index (χ4n) is 1.65. The van der Waals surface area contributed by atoms with Gasteiger partial charge < -0.3 is 0 Å². The molecule has 2 heteroatoms. The zero-order chi connectivity index (χ0) is 12.3. The van der Waals surface area contributed by atoms with Gasteiger partial charge in [0.2, 0.25) is 5.12 Å². The molecule has 0 radical (unpaired) electrons. The van der Waals surface area contributed by atoms with Crippen molar-refractivity contribution in [1.82, 2.24) is 0 Å². The molecule has 0 fully saturated rings. The molecule has 17 heavy (non-hydrogen) atoms. The Kier molecular flexibility index (Phi) is 3.64. The van der Waals surface area contributed by atoms with E-state index in [-0.39, 0.29) is 5.12 Å². The van der Waals surface area contributed by atoms with E-state index in [0.29, 0.717) is 0 Å². The molecule has 0 saturated carbocycles. The average molecular weight is 242 g/mol. The molecule has 1 nitrogen and oxygen atoms in total. The van der Waals surface area contributed by atoms with Crippen LogP contribution in [-0.4, -0.2) is 5.12 Å². The molecule has 0 spiro atoms. The first-order valence-electron chi connectivity index (χ1n) is 5.51. The van der Waals surface area contributed by atoms with Gasteiger partial charge in [0.15, 0.2) is 0 Å². The molecule has 0 N–H and O–H groups in total. The molecule has 86 valence electrons. The van der Waals surface area contributed by atoms with Gasteiger partial charge >= 0.3 is 0 Å². The highest BCUT2D eigenvalue weighted by Crippen LogP contribution is 2.26. The fourth-order valence-corrected chi connectivity index (χ4v) is 2.46. The minimum Gasteiger partial charge on any atom is -0.281 e. The lowest BCUT2D eigenvalue weighted by Gasteiger charge is -2.05. The number of thioether (sulfide) groups is 1. The van der Waals surface area contributed by atoms with Gasteiger partial charge in [0.25, 0.3) is 0 Å². The van der Waals surface area contributed by atoms with Crippen LogP contribution in [0.5, 0.6) is 0 Å². The summed E-state index contributed by atoms with van der Waals surface area (Å²) in [6, 6.07) is 15.5. The molecule has 0 aliphatic rings. The fraction of sp³-hybridized carbons (Fsp3) is 0.133. The third-order valence-corrected chi connectivity index (χ3v) is 3.64. The zero-order valence-electron chi connectivity index (χ0n) is 9.94. The molecule has 0 amide bonds. The average Bonchev–Trinajstić information content (AvgIpc) is 2.34. The molecule has 0 aliphatic carbocycles. The highest BCUT2D eigenvalue weighted by Gasteiger charge is 2.09. The Bertz CT molecular complexity index is 532. The summed E-state index contributed by atoms with van der Waals surface area (Å²) in [6.07, 6.45) is 0. The lowest BCUT2D eigenvalue weighted by Crippen LogP contribution is -1.93. The minimum atomic E-state index is 0.0950. The summed E-state index contributed by atoms with van der Waals surface area (Å²) in [5.41, 5.74) is 3.12. The summed E-state index contributed by atoms with van der Waals surface area (Å²) in [4.78, 5) is 13.0. The van der Waals surface area contributed by atoms with Gasteiger partial charge in [-0.05, 0) is 37.2 Å². The Morgan fingerprint density at radius 1 is 1.00 bits per heavy atom. The summed E-state index contributed by atoms with van der Waals surface area (Å²) in [5.74, 6) is 0. The van der Waals surface area contributed by atoms with Crippen LogP contribution in [0.1, 0.15) is 21.5 Å². The monoisotopic (exact) mass is 242 g/mol. The Hall–Kier alpha value is -1.54. The Balaban J connectivity index is 2.19. The quantitative estimate of drug-likeness (QED) is 0.733. The second-order valence-electron chi connectivity index (χ2n) is 4.02. The maximum Gasteiger partial charge on any atom is 0.224 e. The minimum absolute atomic E-state index is 0.0950. The second kappa shape index (κ2) is 5.19. The number of benzene rings is 2. The van der Waals surface area contributed by atoms with Gasteiger partial charge in [0.1, 0.15) is 0 Å². The highest BCUT2D eigenvalue weighted by molar-refractivity contribution is 8.14. The van der Waals surface area contributed by atoms with Crippen LogP contribution in [0.2, 0.25) is 0 Å². The molecular weight excluding hydrogens is 228 g/mol. The van der Waals surface area contributed by atoms with Crippen LogP contribution in [0.3, 0.4) is 0 Å². The lowest BCUT2D eigenvalue weighted by atomic mass is 10.2. The third kappa shape index (κ3) is 2.98. The second-order valence-corrected chi connectivity index (χ2v) is 5.04. The number of carbonyl (C=O) groups excluding carboxylic acids is 1. The van der Waals surface area contributed by atoms with E-state index in [0.717, 1.165) is 16.0 Å². The van der Waals surface area contributed by atoms with E-state index in [1.165, 1.54) is 17.3 Å². The van der Waals surface area contributed by atoms with Crippen molar-refractivity contribution in [3.63, 3.8) is 0 Å². The van der Waals surface area contributed by atoms with Gasteiger partial charge in [-0.15, -0.1) is 0 Å². The van der Waals surface area contributed by atoms with E-state index in [2.05, 4.69) is 13.0 Å². The first-order valence-corrected chi connectivity index (χ1v) is 6.33. The summed E-state index contributed by atoms with van der Waals surface area (Å²) in [7, 11) is 0. The molecule has 2 rings (SSSR count). The van der Waals surface area contributed by atoms with Crippen molar-refractivity contribution in [3.8, 4) is 0 Å². The molecule has 0 aliphatic heterocycles.